The van der Waals surface area contributed by atoms with Gasteiger partial charge in [-0.2, -0.15) is 15.4 Å². The van der Waals surface area contributed by atoms with E-state index in [1.807, 2.05) is 0 Å². The van der Waals surface area contributed by atoms with Gasteiger partial charge in [0.05, 0.1) is 12.7 Å². The fourth-order valence-corrected chi connectivity index (χ4v) is 1.28. The van der Waals surface area contributed by atoms with Crippen molar-refractivity contribution in [2.24, 2.45) is 0 Å². The maximum Gasteiger partial charge on any atom is 0.276 e. The van der Waals surface area contributed by atoms with Gasteiger partial charge in [0, 0.05) is 13.1 Å². The third kappa shape index (κ3) is 1.56. The SMILES string of the molecule is O=C1CN(C(=O)c2cn[nH]n2)CCN1. The van der Waals surface area contributed by atoms with Crippen LogP contribution in [0.1, 0.15) is 10.5 Å². The Labute approximate surface area is 79.5 Å². The molecule has 0 unspecified atom stereocenters. The normalized spacial score (nSPS) is 16.6. The Hall–Kier alpha value is -1.92. The molecule has 0 aromatic carbocycles. The van der Waals surface area contributed by atoms with E-state index in [4.69, 9.17) is 0 Å². The van der Waals surface area contributed by atoms with E-state index in [-0.39, 0.29) is 24.1 Å². The maximum absolute atomic E-state index is 11.6. The van der Waals surface area contributed by atoms with E-state index in [1.165, 1.54) is 11.1 Å². The van der Waals surface area contributed by atoms with Crippen molar-refractivity contribution in [3.8, 4) is 0 Å². The predicted molar refractivity (Wildman–Crippen MR) is 45.3 cm³/mol. The third-order valence-electron chi connectivity index (χ3n) is 1.96. The topological polar surface area (TPSA) is 91.0 Å². The van der Waals surface area contributed by atoms with Crippen LogP contribution in [0.2, 0.25) is 0 Å². The number of aromatic amines is 1. The summed E-state index contributed by atoms with van der Waals surface area (Å²) < 4.78 is 0. The number of nitrogens with one attached hydrogen (secondary N) is 2. The molecular weight excluding hydrogens is 186 g/mol. The van der Waals surface area contributed by atoms with Crippen molar-refractivity contribution in [1.29, 1.82) is 0 Å². The van der Waals surface area contributed by atoms with Gasteiger partial charge in [0.25, 0.3) is 5.91 Å². The van der Waals surface area contributed by atoms with Crippen LogP contribution < -0.4 is 5.32 Å². The van der Waals surface area contributed by atoms with Gasteiger partial charge in [-0.05, 0) is 0 Å². The Morgan fingerprint density at radius 1 is 1.57 bits per heavy atom. The van der Waals surface area contributed by atoms with E-state index < -0.39 is 0 Å². The Balaban J connectivity index is 2.08. The number of carbonyl (C=O) groups excluding carboxylic acids is 2. The standard InChI is InChI=1S/C7H9N5O2/c13-6-4-12(2-1-8-6)7(14)5-3-9-11-10-5/h3H,1-2,4H2,(H,8,13)(H,9,10,11). The van der Waals surface area contributed by atoms with Crippen LogP contribution in [0.3, 0.4) is 0 Å². The van der Waals surface area contributed by atoms with Crippen LogP contribution in [-0.2, 0) is 4.79 Å². The molecule has 0 spiro atoms. The summed E-state index contributed by atoms with van der Waals surface area (Å²) in [6.07, 6.45) is 1.34. The lowest BCUT2D eigenvalue weighted by Gasteiger charge is -2.25. The molecular formula is C7H9N5O2. The summed E-state index contributed by atoms with van der Waals surface area (Å²) in [7, 11) is 0. The zero-order chi connectivity index (χ0) is 9.97. The van der Waals surface area contributed by atoms with Crippen LogP contribution >= 0.6 is 0 Å². The first-order valence-electron chi connectivity index (χ1n) is 4.19. The lowest BCUT2D eigenvalue weighted by molar-refractivity contribution is -0.123. The second kappa shape index (κ2) is 3.44. The number of nitrogens with zero attached hydrogens (tertiary/aromatic N) is 3. The number of rotatable bonds is 1. The molecule has 0 atom stereocenters. The number of hydrogen-bond donors (Lipinski definition) is 2. The highest BCUT2D eigenvalue weighted by atomic mass is 16.2. The van der Waals surface area contributed by atoms with E-state index >= 15 is 0 Å². The smallest absolute Gasteiger partial charge is 0.276 e. The largest absolute Gasteiger partial charge is 0.353 e. The zero-order valence-corrected chi connectivity index (χ0v) is 7.36. The molecule has 0 aliphatic carbocycles. The fourth-order valence-electron chi connectivity index (χ4n) is 1.28. The first-order valence-corrected chi connectivity index (χ1v) is 4.19. The lowest BCUT2D eigenvalue weighted by Crippen LogP contribution is -2.50. The molecule has 1 aliphatic rings. The highest BCUT2D eigenvalue weighted by molar-refractivity contribution is 5.95. The molecule has 0 radical (unpaired) electrons. The second-order valence-electron chi connectivity index (χ2n) is 2.93. The molecule has 7 heteroatoms. The number of amides is 2. The van der Waals surface area contributed by atoms with Crippen LogP contribution in [0.15, 0.2) is 6.20 Å². The number of piperazine rings is 1. The number of hydrogen-bond acceptors (Lipinski definition) is 4. The van der Waals surface area contributed by atoms with E-state index in [9.17, 15) is 9.59 Å². The van der Waals surface area contributed by atoms with Gasteiger partial charge in [-0.15, -0.1) is 0 Å². The van der Waals surface area contributed by atoms with Gasteiger partial charge in [0.15, 0.2) is 5.69 Å². The summed E-state index contributed by atoms with van der Waals surface area (Å²) >= 11 is 0. The molecule has 2 heterocycles. The summed E-state index contributed by atoms with van der Waals surface area (Å²) in [4.78, 5) is 24.1. The van der Waals surface area contributed by atoms with Gasteiger partial charge in [-0.3, -0.25) is 9.59 Å². The lowest BCUT2D eigenvalue weighted by atomic mass is 10.3. The Morgan fingerprint density at radius 2 is 2.43 bits per heavy atom. The molecule has 1 saturated heterocycles. The Kier molecular flexibility index (Phi) is 2.13. The molecule has 2 rings (SSSR count). The number of carbonyl (C=O) groups is 2. The minimum absolute atomic E-state index is 0.0890. The molecule has 14 heavy (non-hydrogen) atoms. The van der Waals surface area contributed by atoms with Gasteiger partial charge in [-0.1, -0.05) is 0 Å². The molecule has 1 aromatic rings. The predicted octanol–water partition coefficient (Wildman–Crippen LogP) is -1.62. The summed E-state index contributed by atoms with van der Waals surface area (Å²) in [6.45, 7) is 1.09. The van der Waals surface area contributed by atoms with Crippen LogP contribution in [0.5, 0.6) is 0 Å². The average molecular weight is 195 g/mol. The van der Waals surface area contributed by atoms with E-state index in [0.717, 1.165) is 0 Å². The number of aromatic nitrogens is 3. The quantitative estimate of drug-likeness (QED) is 0.563. The van der Waals surface area contributed by atoms with Gasteiger partial charge >= 0.3 is 0 Å². The summed E-state index contributed by atoms with van der Waals surface area (Å²) in [5.74, 6) is -0.415. The molecule has 0 bridgehead atoms. The molecule has 2 N–H and O–H groups in total. The first kappa shape index (κ1) is 8.67. The van der Waals surface area contributed by atoms with Crippen molar-refractivity contribution < 1.29 is 9.59 Å². The monoisotopic (exact) mass is 195 g/mol. The first-order chi connectivity index (χ1) is 6.77. The fraction of sp³-hybridized carbons (Fsp3) is 0.429. The minimum Gasteiger partial charge on any atom is -0.353 e. The molecule has 1 aromatic heterocycles. The van der Waals surface area contributed by atoms with Gasteiger partial charge in [-0.25, -0.2) is 0 Å². The van der Waals surface area contributed by atoms with Crippen molar-refractivity contribution >= 4 is 11.8 Å². The van der Waals surface area contributed by atoms with E-state index in [1.54, 1.807) is 0 Å². The summed E-state index contributed by atoms with van der Waals surface area (Å²) in [6, 6.07) is 0. The van der Waals surface area contributed by atoms with Crippen molar-refractivity contribution in [3.05, 3.63) is 11.9 Å². The maximum atomic E-state index is 11.6. The van der Waals surface area contributed by atoms with Crippen LogP contribution in [0.4, 0.5) is 0 Å². The highest BCUT2D eigenvalue weighted by Crippen LogP contribution is 2.01. The molecule has 2 amide bonds. The summed E-state index contributed by atoms with van der Waals surface area (Å²) in [5, 5.41) is 12.2. The van der Waals surface area contributed by atoms with E-state index in [0.29, 0.717) is 13.1 Å². The average Bonchev–Trinajstić information content (AvgIpc) is 2.69. The van der Waals surface area contributed by atoms with Crippen LogP contribution in [0, 0.1) is 0 Å². The zero-order valence-electron chi connectivity index (χ0n) is 7.36. The molecule has 7 nitrogen and oxygen atoms in total. The second-order valence-corrected chi connectivity index (χ2v) is 2.93. The molecule has 1 fully saturated rings. The van der Waals surface area contributed by atoms with E-state index in [2.05, 4.69) is 20.7 Å². The van der Waals surface area contributed by atoms with Gasteiger partial charge in [0.1, 0.15) is 0 Å². The molecule has 0 saturated carbocycles. The van der Waals surface area contributed by atoms with Crippen molar-refractivity contribution in [2.75, 3.05) is 19.6 Å². The Morgan fingerprint density at radius 3 is 3.07 bits per heavy atom. The number of H-pyrrole nitrogens is 1. The summed E-state index contributed by atoms with van der Waals surface area (Å²) in [5.41, 5.74) is 0.236. The van der Waals surface area contributed by atoms with Gasteiger partial charge in [0.2, 0.25) is 5.91 Å². The van der Waals surface area contributed by atoms with Gasteiger partial charge < -0.3 is 10.2 Å². The van der Waals surface area contributed by atoms with Crippen molar-refractivity contribution in [1.82, 2.24) is 25.6 Å². The molecule has 1 aliphatic heterocycles. The third-order valence-corrected chi connectivity index (χ3v) is 1.96. The van der Waals surface area contributed by atoms with Crippen molar-refractivity contribution in [3.63, 3.8) is 0 Å². The van der Waals surface area contributed by atoms with Crippen LogP contribution in [-0.4, -0.2) is 51.8 Å². The molecule has 74 valence electrons. The van der Waals surface area contributed by atoms with Crippen LogP contribution in [0.25, 0.3) is 0 Å². The Bertz CT molecular complexity index is 347. The van der Waals surface area contributed by atoms with Crippen molar-refractivity contribution in [2.45, 2.75) is 0 Å². The highest BCUT2D eigenvalue weighted by Gasteiger charge is 2.23. The minimum atomic E-state index is -0.270.